The van der Waals surface area contributed by atoms with E-state index in [2.05, 4.69) is 6.92 Å². The summed E-state index contributed by atoms with van der Waals surface area (Å²) in [7, 11) is 0. The summed E-state index contributed by atoms with van der Waals surface area (Å²) in [6.45, 7) is 2.26. The number of hydrogen-bond donors (Lipinski definition) is 1. The molecule has 0 amide bonds. The van der Waals surface area contributed by atoms with Crippen molar-refractivity contribution in [2.75, 3.05) is 13.1 Å². The Bertz CT molecular complexity index is 601. The summed E-state index contributed by atoms with van der Waals surface area (Å²) in [5.41, 5.74) is 2.17. The first kappa shape index (κ1) is 22.7. The smallest absolute Gasteiger partial charge is 0.393 e. The zero-order valence-electron chi connectivity index (χ0n) is 16.7. The van der Waals surface area contributed by atoms with Crippen LogP contribution in [0.1, 0.15) is 63.0 Å². The number of alkyl halides is 3. The molecule has 1 heterocycles. The number of likely N-dealkylation sites (tertiary alicyclic amines) is 1. The second-order valence-corrected chi connectivity index (χ2v) is 7.97. The zero-order chi connectivity index (χ0) is 20.6. The predicted octanol–water partition coefficient (Wildman–Crippen LogP) is 5.67. The van der Waals surface area contributed by atoms with Crippen LogP contribution in [-0.4, -0.2) is 35.2 Å². The highest BCUT2D eigenvalue weighted by atomic mass is 19.4. The van der Waals surface area contributed by atoms with Crippen LogP contribution < -0.4 is 0 Å². The molecule has 2 atom stereocenters. The van der Waals surface area contributed by atoms with Crippen molar-refractivity contribution in [1.82, 2.24) is 4.90 Å². The Morgan fingerprint density at radius 1 is 1.00 bits per heavy atom. The molecule has 0 aliphatic carbocycles. The molecule has 0 spiro atoms. The van der Waals surface area contributed by atoms with Crippen molar-refractivity contribution in [2.24, 2.45) is 11.8 Å². The van der Waals surface area contributed by atoms with Gasteiger partial charge in [0.25, 0.3) is 0 Å². The van der Waals surface area contributed by atoms with E-state index in [-0.39, 0.29) is 13.1 Å². The van der Waals surface area contributed by atoms with Crippen molar-refractivity contribution in [2.45, 2.75) is 71.0 Å². The maximum absolute atomic E-state index is 13.1. The second-order valence-electron chi connectivity index (χ2n) is 7.97. The monoisotopic (exact) mass is 399 g/mol. The molecule has 6 heteroatoms. The predicted molar refractivity (Wildman–Crippen MR) is 104 cm³/mol. The lowest BCUT2D eigenvalue weighted by Gasteiger charge is -2.18. The summed E-state index contributed by atoms with van der Waals surface area (Å²) in [6, 6.07) is 7.98. The van der Waals surface area contributed by atoms with E-state index in [0.717, 1.165) is 18.4 Å². The second kappa shape index (κ2) is 10.8. The van der Waals surface area contributed by atoms with Crippen LogP contribution in [0.15, 0.2) is 24.3 Å². The molecule has 1 fully saturated rings. The SMILES string of the molecule is CCCCCCCCCc1ccc(CN2CC(C(=O)O)C(C(F)(F)F)C2)cc1. The fourth-order valence-corrected chi connectivity index (χ4v) is 3.95. The lowest BCUT2D eigenvalue weighted by atomic mass is 9.96. The van der Waals surface area contributed by atoms with Crippen LogP contribution in [-0.2, 0) is 17.8 Å². The van der Waals surface area contributed by atoms with Gasteiger partial charge in [-0.2, -0.15) is 13.2 Å². The normalized spacial score (nSPS) is 20.6. The van der Waals surface area contributed by atoms with Crippen molar-refractivity contribution in [3.63, 3.8) is 0 Å². The van der Waals surface area contributed by atoms with Crippen molar-refractivity contribution in [3.05, 3.63) is 35.4 Å². The summed E-state index contributed by atoms with van der Waals surface area (Å²) in [4.78, 5) is 12.8. The number of aliphatic carboxylic acids is 1. The van der Waals surface area contributed by atoms with Gasteiger partial charge in [-0.3, -0.25) is 9.69 Å². The molecule has 0 radical (unpaired) electrons. The van der Waals surface area contributed by atoms with Crippen LogP contribution in [0.25, 0.3) is 0 Å². The van der Waals surface area contributed by atoms with Crippen LogP contribution in [0.3, 0.4) is 0 Å². The first-order valence-electron chi connectivity index (χ1n) is 10.4. The Morgan fingerprint density at radius 3 is 2.11 bits per heavy atom. The molecule has 1 aromatic rings. The van der Waals surface area contributed by atoms with Crippen LogP contribution >= 0.6 is 0 Å². The number of carboxylic acids is 1. The summed E-state index contributed by atoms with van der Waals surface area (Å²) in [6.07, 6.45) is 5.41. The van der Waals surface area contributed by atoms with Crippen molar-refractivity contribution in [3.8, 4) is 0 Å². The summed E-state index contributed by atoms with van der Waals surface area (Å²) in [5, 5.41) is 9.10. The van der Waals surface area contributed by atoms with Crippen molar-refractivity contribution >= 4 is 5.97 Å². The minimum atomic E-state index is -4.47. The molecule has 2 rings (SSSR count). The van der Waals surface area contributed by atoms with Crippen LogP contribution in [0.5, 0.6) is 0 Å². The molecule has 158 valence electrons. The third-order valence-electron chi connectivity index (χ3n) is 5.63. The lowest BCUT2D eigenvalue weighted by Crippen LogP contribution is -2.33. The highest BCUT2D eigenvalue weighted by Crippen LogP contribution is 2.38. The highest BCUT2D eigenvalue weighted by molar-refractivity contribution is 5.71. The van der Waals surface area contributed by atoms with Crippen LogP contribution in [0.4, 0.5) is 13.2 Å². The number of benzene rings is 1. The van der Waals surface area contributed by atoms with Crippen LogP contribution in [0.2, 0.25) is 0 Å². The van der Waals surface area contributed by atoms with Gasteiger partial charge >= 0.3 is 12.1 Å². The molecular formula is C22H32F3NO2. The molecule has 28 heavy (non-hydrogen) atoms. The molecular weight excluding hydrogens is 367 g/mol. The third-order valence-corrected chi connectivity index (χ3v) is 5.63. The number of carbonyl (C=O) groups is 1. The fourth-order valence-electron chi connectivity index (χ4n) is 3.95. The summed E-state index contributed by atoms with van der Waals surface area (Å²) in [5.74, 6) is -4.53. The van der Waals surface area contributed by atoms with E-state index in [0.29, 0.717) is 6.54 Å². The Balaban J connectivity index is 1.77. The average molecular weight is 399 g/mol. The Kier molecular flexibility index (Phi) is 8.80. The van der Waals surface area contributed by atoms with E-state index in [1.807, 2.05) is 24.3 Å². The number of carboxylic acid groups (broad SMARTS) is 1. The van der Waals surface area contributed by atoms with Gasteiger partial charge in [0.1, 0.15) is 0 Å². The van der Waals surface area contributed by atoms with Gasteiger partial charge in [0.05, 0.1) is 11.8 Å². The van der Waals surface area contributed by atoms with Gasteiger partial charge in [0.15, 0.2) is 0 Å². The number of nitrogens with zero attached hydrogens (tertiary/aromatic N) is 1. The minimum Gasteiger partial charge on any atom is -0.481 e. The molecule has 3 nitrogen and oxygen atoms in total. The van der Waals surface area contributed by atoms with E-state index in [4.69, 9.17) is 5.11 Å². The molecule has 2 unspecified atom stereocenters. The molecule has 1 aromatic carbocycles. The number of rotatable bonds is 11. The molecule has 1 saturated heterocycles. The van der Waals surface area contributed by atoms with E-state index in [1.165, 1.54) is 44.1 Å². The van der Waals surface area contributed by atoms with E-state index < -0.39 is 24.0 Å². The fraction of sp³-hybridized carbons (Fsp3) is 0.682. The first-order valence-corrected chi connectivity index (χ1v) is 10.4. The highest BCUT2D eigenvalue weighted by Gasteiger charge is 2.52. The minimum absolute atomic E-state index is 0.0563. The Morgan fingerprint density at radius 2 is 1.57 bits per heavy atom. The van der Waals surface area contributed by atoms with Gasteiger partial charge in [-0.05, 0) is 24.0 Å². The average Bonchev–Trinajstić information content (AvgIpc) is 3.07. The molecule has 0 bridgehead atoms. The van der Waals surface area contributed by atoms with Gasteiger partial charge < -0.3 is 5.11 Å². The molecule has 1 aliphatic heterocycles. The standard InChI is InChI=1S/C22H32F3NO2/c1-2-3-4-5-6-7-8-9-17-10-12-18(13-11-17)14-26-15-19(21(27)28)20(16-26)22(23,24)25/h10-13,19-20H,2-9,14-16H2,1H3,(H,27,28). The largest absolute Gasteiger partial charge is 0.481 e. The number of hydrogen-bond acceptors (Lipinski definition) is 2. The maximum Gasteiger partial charge on any atom is 0.393 e. The van der Waals surface area contributed by atoms with E-state index >= 15 is 0 Å². The third kappa shape index (κ3) is 7.12. The molecule has 1 N–H and O–H groups in total. The van der Waals surface area contributed by atoms with Gasteiger partial charge in [0, 0.05) is 19.6 Å². The van der Waals surface area contributed by atoms with Crippen molar-refractivity contribution < 1.29 is 23.1 Å². The Hall–Kier alpha value is -1.56. The Labute approximate surface area is 165 Å². The quantitative estimate of drug-likeness (QED) is 0.487. The van der Waals surface area contributed by atoms with E-state index in [9.17, 15) is 18.0 Å². The van der Waals surface area contributed by atoms with Crippen molar-refractivity contribution in [1.29, 1.82) is 0 Å². The molecule has 0 aromatic heterocycles. The number of unbranched alkanes of at least 4 members (excludes halogenated alkanes) is 6. The van der Waals surface area contributed by atoms with E-state index in [1.54, 1.807) is 4.90 Å². The zero-order valence-corrected chi connectivity index (χ0v) is 16.7. The summed E-state index contributed by atoms with van der Waals surface area (Å²) < 4.78 is 39.2. The van der Waals surface area contributed by atoms with Gasteiger partial charge in [-0.15, -0.1) is 0 Å². The lowest BCUT2D eigenvalue weighted by molar-refractivity contribution is -0.188. The topological polar surface area (TPSA) is 40.5 Å². The first-order chi connectivity index (χ1) is 13.3. The number of aryl methyl sites for hydroxylation is 1. The molecule has 0 saturated carbocycles. The maximum atomic E-state index is 13.1. The molecule has 1 aliphatic rings. The van der Waals surface area contributed by atoms with Gasteiger partial charge in [-0.1, -0.05) is 69.7 Å². The summed E-state index contributed by atoms with van der Waals surface area (Å²) >= 11 is 0. The van der Waals surface area contributed by atoms with Gasteiger partial charge in [0.2, 0.25) is 0 Å². The number of halogens is 3. The van der Waals surface area contributed by atoms with Crippen LogP contribution in [0, 0.1) is 11.8 Å². The van der Waals surface area contributed by atoms with Gasteiger partial charge in [-0.25, -0.2) is 0 Å².